The molecule has 19 heavy (non-hydrogen) atoms. The van der Waals surface area contributed by atoms with Crippen molar-refractivity contribution in [2.75, 3.05) is 6.54 Å². The monoisotopic (exact) mass is 261 g/mol. The summed E-state index contributed by atoms with van der Waals surface area (Å²) in [6.07, 6.45) is 2.38. The number of hydrogen-bond donors (Lipinski definition) is 1. The first-order valence-corrected chi connectivity index (χ1v) is 6.76. The number of benzene rings is 1. The molecule has 2 aromatic rings. The SMILES string of the molecule is CCc1cc(CC)n(-c2ccc(CCN)cc2F)n1. The highest BCUT2D eigenvalue weighted by molar-refractivity contribution is 5.38. The van der Waals surface area contributed by atoms with E-state index in [1.807, 2.05) is 26.0 Å². The van der Waals surface area contributed by atoms with Crippen LogP contribution in [0.3, 0.4) is 0 Å². The van der Waals surface area contributed by atoms with Crippen molar-refractivity contribution in [3.05, 3.63) is 47.0 Å². The van der Waals surface area contributed by atoms with E-state index >= 15 is 0 Å². The number of halogens is 1. The molecule has 0 aliphatic rings. The van der Waals surface area contributed by atoms with Crippen LogP contribution >= 0.6 is 0 Å². The highest BCUT2D eigenvalue weighted by Gasteiger charge is 2.11. The zero-order valence-corrected chi connectivity index (χ0v) is 11.5. The van der Waals surface area contributed by atoms with Crippen LogP contribution in [0.1, 0.15) is 30.8 Å². The van der Waals surface area contributed by atoms with Gasteiger partial charge in [0.15, 0.2) is 0 Å². The molecule has 1 heterocycles. The first kappa shape index (κ1) is 13.7. The number of aromatic nitrogens is 2. The molecule has 0 spiro atoms. The molecule has 1 aromatic heterocycles. The Bertz CT molecular complexity index is 561. The number of hydrogen-bond acceptors (Lipinski definition) is 2. The molecule has 0 saturated carbocycles. The molecule has 0 unspecified atom stereocenters. The van der Waals surface area contributed by atoms with Gasteiger partial charge in [-0.25, -0.2) is 9.07 Å². The lowest BCUT2D eigenvalue weighted by Gasteiger charge is -2.08. The van der Waals surface area contributed by atoms with Crippen LogP contribution in [-0.4, -0.2) is 16.3 Å². The van der Waals surface area contributed by atoms with Crippen LogP contribution in [0.2, 0.25) is 0 Å². The summed E-state index contributed by atoms with van der Waals surface area (Å²) in [6.45, 7) is 4.63. The number of nitrogens with zero attached hydrogens (tertiary/aromatic N) is 2. The fourth-order valence-electron chi connectivity index (χ4n) is 2.15. The smallest absolute Gasteiger partial charge is 0.149 e. The van der Waals surface area contributed by atoms with E-state index in [0.717, 1.165) is 29.8 Å². The summed E-state index contributed by atoms with van der Waals surface area (Å²) >= 11 is 0. The fraction of sp³-hybridized carbons (Fsp3) is 0.400. The van der Waals surface area contributed by atoms with E-state index in [2.05, 4.69) is 5.10 Å². The van der Waals surface area contributed by atoms with E-state index in [0.29, 0.717) is 18.7 Å². The van der Waals surface area contributed by atoms with Crippen LogP contribution in [0.25, 0.3) is 5.69 Å². The second-order valence-electron chi connectivity index (χ2n) is 4.57. The van der Waals surface area contributed by atoms with Crippen molar-refractivity contribution in [3.8, 4) is 5.69 Å². The summed E-state index contributed by atoms with van der Waals surface area (Å²) in [6, 6.07) is 7.28. The molecule has 0 bridgehead atoms. The van der Waals surface area contributed by atoms with Crippen molar-refractivity contribution >= 4 is 0 Å². The van der Waals surface area contributed by atoms with Crippen LogP contribution < -0.4 is 5.73 Å². The third-order valence-corrected chi connectivity index (χ3v) is 3.23. The minimum absolute atomic E-state index is 0.244. The molecule has 2 rings (SSSR count). The van der Waals surface area contributed by atoms with Crippen LogP contribution in [0.4, 0.5) is 4.39 Å². The largest absolute Gasteiger partial charge is 0.330 e. The molecule has 0 atom stereocenters. The lowest BCUT2D eigenvalue weighted by molar-refractivity contribution is 0.603. The number of rotatable bonds is 5. The number of nitrogens with two attached hydrogens (primary N) is 1. The van der Waals surface area contributed by atoms with Crippen LogP contribution in [-0.2, 0) is 19.3 Å². The van der Waals surface area contributed by atoms with Crippen molar-refractivity contribution in [2.24, 2.45) is 5.73 Å². The van der Waals surface area contributed by atoms with E-state index < -0.39 is 0 Å². The van der Waals surface area contributed by atoms with Gasteiger partial charge in [-0.15, -0.1) is 0 Å². The van der Waals surface area contributed by atoms with Crippen molar-refractivity contribution in [3.63, 3.8) is 0 Å². The topological polar surface area (TPSA) is 43.8 Å². The highest BCUT2D eigenvalue weighted by Crippen LogP contribution is 2.18. The van der Waals surface area contributed by atoms with Gasteiger partial charge in [-0.05, 0) is 49.6 Å². The zero-order valence-electron chi connectivity index (χ0n) is 11.5. The Labute approximate surface area is 113 Å². The van der Waals surface area contributed by atoms with E-state index in [4.69, 9.17) is 5.73 Å². The van der Waals surface area contributed by atoms with Crippen LogP contribution in [0.15, 0.2) is 24.3 Å². The lowest BCUT2D eigenvalue weighted by Crippen LogP contribution is -2.07. The molecule has 2 N–H and O–H groups in total. The van der Waals surface area contributed by atoms with E-state index in [1.165, 1.54) is 0 Å². The van der Waals surface area contributed by atoms with Crippen LogP contribution in [0, 0.1) is 5.82 Å². The molecule has 4 heteroatoms. The summed E-state index contributed by atoms with van der Waals surface area (Å²) < 4.78 is 15.9. The van der Waals surface area contributed by atoms with Gasteiger partial charge in [0, 0.05) is 5.69 Å². The molecule has 3 nitrogen and oxygen atoms in total. The normalized spacial score (nSPS) is 10.9. The average molecular weight is 261 g/mol. The first-order valence-electron chi connectivity index (χ1n) is 6.76. The van der Waals surface area contributed by atoms with Crippen molar-refractivity contribution < 1.29 is 4.39 Å². The molecule has 0 fully saturated rings. The Morgan fingerprint density at radius 2 is 2.00 bits per heavy atom. The second kappa shape index (κ2) is 5.97. The second-order valence-corrected chi connectivity index (χ2v) is 4.57. The summed E-state index contributed by atoms with van der Waals surface area (Å²) in [5, 5.41) is 4.46. The highest BCUT2D eigenvalue weighted by atomic mass is 19.1. The Balaban J connectivity index is 2.43. The molecule has 1 aromatic carbocycles. The molecule has 0 aliphatic heterocycles. The Hall–Kier alpha value is -1.68. The van der Waals surface area contributed by atoms with E-state index in [1.54, 1.807) is 16.8 Å². The lowest BCUT2D eigenvalue weighted by atomic mass is 10.1. The molecule has 102 valence electrons. The zero-order chi connectivity index (χ0) is 13.8. The summed E-state index contributed by atoms with van der Waals surface area (Å²) in [5.74, 6) is -0.244. The van der Waals surface area contributed by atoms with Gasteiger partial charge in [-0.2, -0.15) is 5.10 Å². The Morgan fingerprint density at radius 1 is 1.21 bits per heavy atom. The predicted molar refractivity (Wildman–Crippen MR) is 75.0 cm³/mol. The maximum atomic E-state index is 14.2. The van der Waals surface area contributed by atoms with E-state index in [-0.39, 0.29) is 5.82 Å². The maximum Gasteiger partial charge on any atom is 0.149 e. The summed E-state index contributed by atoms with van der Waals surface area (Å²) in [5.41, 5.74) is 8.94. The number of aryl methyl sites for hydroxylation is 2. The van der Waals surface area contributed by atoms with Gasteiger partial charge in [0.1, 0.15) is 11.5 Å². The molecule has 0 radical (unpaired) electrons. The van der Waals surface area contributed by atoms with Crippen molar-refractivity contribution in [1.82, 2.24) is 9.78 Å². The third-order valence-electron chi connectivity index (χ3n) is 3.23. The van der Waals surface area contributed by atoms with Gasteiger partial charge in [0.25, 0.3) is 0 Å². The average Bonchev–Trinajstić information content (AvgIpc) is 2.82. The first-order chi connectivity index (χ1) is 9.19. The predicted octanol–water partition coefficient (Wildman–Crippen LogP) is 2.64. The molecular weight excluding hydrogens is 241 g/mol. The quantitative estimate of drug-likeness (QED) is 0.899. The van der Waals surface area contributed by atoms with Crippen molar-refractivity contribution in [2.45, 2.75) is 33.1 Å². The van der Waals surface area contributed by atoms with E-state index in [9.17, 15) is 4.39 Å². The minimum Gasteiger partial charge on any atom is -0.330 e. The molecule has 0 saturated heterocycles. The molecular formula is C15H20FN3. The van der Waals surface area contributed by atoms with Gasteiger partial charge in [-0.3, -0.25) is 0 Å². The third kappa shape index (κ3) is 2.84. The molecule has 0 aliphatic carbocycles. The minimum atomic E-state index is -0.244. The summed E-state index contributed by atoms with van der Waals surface area (Å²) in [7, 11) is 0. The van der Waals surface area contributed by atoms with Crippen LogP contribution in [0.5, 0.6) is 0 Å². The van der Waals surface area contributed by atoms with Crippen molar-refractivity contribution in [1.29, 1.82) is 0 Å². The van der Waals surface area contributed by atoms with Gasteiger partial charge >= 0.3 is 0 Å². The van der Waals surface area contributed by atoms with Gasteiger partial charge in [0.2, 0.25) is 0 Å². The van der Waals surface area contributed by atoms with Gasteiger partial charge in [0.05, 0.1) is 5.69 Å². The molecule has 0 amide bonds. The van der Waals surface area contributed by atoms with Gasteiger partial charge < -0.3 is 5.73 Å². The maximum absolute atomic E-state index is 14.2. The summed E-state index contributed by atoms with van der Waals surface area (Å²) in [4.78, 5) is 0. The Morgan fingerprint density at radius 3 is 2.58 bits per heavy atom. The Kier molecular flexibility index (Phi) is 4.32. The standard InChI is InChI=1S/C15H20FN3/c1-3-12-10-13(4-2)19(18-12)15-6-5-11(7-8-17)9-14(15)16/h5-6,9-10H,3-4,7-8,17H2,1-2H3. The van der Waals surface area contributed by atoms with Gasteiger partial charge in [-0.1, -0.05) is 19.9 Å². The fourth-order valence-corrected chi connectivity index (χ4v) is 2.15.